The number of aryl methyl sites for hydroxylation is 1. The first kappa shape index (κ1) is 15.6. The van der Waals surface area contributed by atoms with Crippen LogP contribution in [0.15, 0.2) is 30.6 Å². The highest BCUT2D eigenvalue weighted by Gasteiger charge is 2.17. The van der Waals surface area contributed by atoms with Gasteiger partial charge >= 0.3 is 0 Å². The van der Waals surface area contributed by atoms with Crippen LogP contribution in [0.3, 0.4) is 0 Å². The summed E-state index contributed by atoms with van der Waals surface area (Å²) in [5, 5.41) is 7.61. The molecule has 1 aromatic carbocycles. The van der Waals surface area contributed by atoms with Gasteiger partial charge in [0.2, 0.25) is 0 Å². The summed E-state index contributed by atoms with van der Waals surface area (Å²) in [4.78, 5) is 0. The second kappa shape index (κ2) is 7.31. The van der Waals surface area contributed by atoms with Gasteiger partial charge in [-0.3, -0.25) is 4.68 Å². The number of aromatic nitrogens is 2. The zero-order chi connectivity index (χ0) is 15.2. The van der Waals surface area contributed by atoms with Gasteiger partial charge in [-0.1, -0.05) is 26.0 Å². The predicted molar refractivity (Wildman–Crippen MR) is 79.0 cm³/mol. The van der Waals surface area contributed by atoms with E-state index in [1.54, 1.807) is 12.3 Å². The molecule has 1 unspecified atom stereocenters. The van der Waals surface area contributed by atoms with Crippen molar-refractivity contribution < 1.29 is 8.78 Å². The lowest BCUT2D eigenvalue weighted by molar-refractivity contribution is 0.481. The van der Waals surface area contributed by atoms with Crippen LogP contribution < -0.4 is 5.32 Å². The van der Waals surface area contributed by atoms with E-state index >= 15 is 0 Å². The maximum absolute atomic E-state index is 13.8. The molecule has 114 valence electrons. The summed E-state index contributed by atoms with van der Waals surface area (Å²) in [6, 6.07) is 4.23. The second-order valence-corrected chi connectivity index (χ2v) is 5.06. The monoisotopic (exact) mass is 293 g/mol. The Kier molecular flexibility index (Phi) is 5.44. The number of likely N-dealkylation sites (N-methyl/N-ethyl adjacent to an activating group) is 1. The molecule has 2 rings (SSSR count). The lowest BCUT2D eigenvalue weighted by Crippen LogP contribution is -2.23. The fourth-order valence-electron chi connectivity index (χ4n) is 2.39. The Morgan fingerprint density at radius 1 is 1.29 bits per heavy atom. The van der Waals surface area contributed by atoms with E-state index in [1.165, 1.54) is 6.07 Å². The van der Waals surface area contributed by atoms with Gasteiger partial charge in [0, 0.05) is 24.3 Å². The highest BCUT2D eigenvalue weighted by Crippen LogP contribution is 2.21. The maximum atomic E-state index is 13.8. The summed E-state index contributed by atoms with van der Waals surface area (Å²) < 4.78 is 29.0. The molecule has 0 aliphatic heterocycles. The van der Waals surface area contributed by atoms with Gasteiger partial charge in [0.25, 0.3) is 0 Å². The molecule has 1 atom stereocenters. The molecule has 0 fully saturated rings. The van der Waals surface area contributed by atoms with Crippen LogP contribution in [0, 0.1) is 11.6 Å². The third-order valence-electron chi connectivity index (χ3n) is 3.41. The van der Waals surface area contributed by atoms with Crippen LogP contribution in [0.2, 0.25) is 0 Å². The number of nitrogens with zero attached hydrogens (tertiary/aromatic N) is 2. The summed E-state index contributed by atoms with van der Waals surface area (Å²) in [6.45, 7) is 5.68. The summed E-state index contributed by atoms with van der Waals surface area (Å²) in [5.41, 5.74) is 1.37. The third-order valence-corrected chi connectivity index (χ3v) is 3.41. The lowest BCUT2D eigenvalue weighted by Gasteiger charge is -2.17. The van der Waals surface area contributed by atoms with Gasteiger partial charge in [-0.15, -0.1) is 0 Å². The van der Waals surface area contributed by atoms with E-state index in [0.29, 0.717) is 12.0 Å². The topological polar surface area (TPSA) is 29.9 Å². The third kappa shape index (κ3) is 3.88. The molecule has 3 nitrogen and oxygen atoms in total. The van der Waals surface area contributed by atoms with Crippen molar-refractivity contribution in [2.75, 3.05) is 6.54 Å². The van der Waals surface area contributed by atoms with E-state index in [2.05, 4.69) is 17.3 Å². The highest BCUT2D eigenvalue weighted by atomic mass is 19.2. The van der Waals surface area contributed by atoms with Crippen molar-refractivity contribution in [3.8, 4) is 0 Å². The molecule has 2 aromatic rings. The first-order chi connectivity index (χ1) is 10.2. The fraction of sp³-hybridized carbons (Fsp3) is 0.438. The first-order valence-electron chi connectivity index (χ1n) is 7.34. The molecule has 5 heteroatoms. The standard InChI is InChI=1S/C16H21F2N3/c1-3-8-21-11-13(10-20-21)15(19-4-2)9-12-6-5-7-14(17)16(12)18/h5-7,10-11,15,19H,3-4,8-9H2,1-2H3. The second-order valence-electron chi connectivity index (χ2n) is 5.06. The Hall–Kier alpha value is -1.75. The Labute approximate surface area is 124 Å². The zero-order valence-electron chi connectivity index (χ0n) is 12.4. The number of nitrogens with one attached hydrogen (secondary N) is 1. The Bertz CT molecular complexity index is 581. The van der Waals surface area contributed by atoms with Gasteiger partial charge in [0.05, 0.1) is 6.20 Å². The van der Waals surface area contributed by atoms with Gasteiger partial charge in [-0.2, -0.15) is 5.10 Å². The molecular formula is C16H21F2N3. The Morgan fingerprint density at radius 2 is 2.10 bits per heavy atom. The molecular weight excluding hydrogens is 272 g/mol. The lowest BCUT2D eigenvalue weighted by atomic mass is 10.0. The van der Waals surface area contributed by atoms with Crippen molar-refractivity contribution in [3.63, 3.8) is 0 Å². The van der Waals surface area contributed by atoms with Crippen molar-refractivity contribution in [3.05, 3.63) is 53.4 Å². The van der Waals surface area contributed by atoms with Crippen LogP contribution in [0.25, 0.3) is 0 Å². The summed E-state index contributed by atoms with van der Waals surface area (Å²) in [6.07, 6.45) is 5.16. The number of hydrogen-bond donors (Lipinski definition) is 1. The van der Waals surface area contributed by atoms with Gasteiger partial charge in [0.1, 0.15) is 0 Å². The zero-order valence-corrected chi connectivity index (χ0v) is 12.4. The van der Waals surface area contributed by atoms with Gasteiger partial charge in [-0.25, -0.2) is 8.78 Å². The fourth-order valence-corrected chi connectivity index (χ4v) is 2.39. The number of benzene rings is 1. The molecule has 0 radical (unpaired) electrons. The average Bonchev–Trinajstić information content (AvgIpc) is 2.92. The molecule has 1 heterocycles. The van der Waals surface area contributed by atoms with Crippen molar-refractivity contribution in [1.29, 1.82) is 0 Å². The number of halogens is 2. The van der Waals surface area contributed by atoms with Gasteiger partial charge in [-0.05, 0) is 31.0 Å². The van der Waals surface area contributed by atoms with E-state index in [1.807, 2.05) is 17.8 Å². The number of hydrogen-bond acceptors (Lipinski definition) is 2. The SMILES string of the molecule is CCCn1cc(C(Cc2cccc(F)c2F)NCC)cn1. The van der Waals surface area contributed by atoms with E-state index in [9.17, 15) is 8.78 Å². The van der Waals surface area contributed by atoms with E-state index in [0.717, 1.165) is 31.1 Å². The summed E-state index contributed by atoms with van der Waals surface area (Å²) in [7, 11) is 0. The maximum Gasteiger partial charge on any atom is 0.162 e. The highest BCUT2D eigenvalue weighted by molar-refractivity contribution is 5.23. The molecule has 0 saturated heterocycles. The molecule has 0 amide bonds. The molecule has 0 saturated carbocycles. The quantitative estimate of drug-likeness (QED) is 0.847. The molecule has 0 aliphatic carbocycles. The Morgan fingerprint density at radius 3 is 2.81 bits per heavy atom. The molecule has 1 N–H and O–H groups in total. The Balaban J connectivity index is 2.20. The predicted octanol–water partition coefficient (Wildman–Crippen LogP) is 3.46. The van der Waals surface area contributed by atoms with Gasteiger partial charge in [0.15, 0.2) is 11.6 Å². The van der Waals surface area contributed by atoms with Crippen molar-refractivity contribution in [2.45, 2.75) is 39.3 Å². The molecule has 1 aromatic heterocycles. The van der Waals surface area contributed by atoms with Crippen molar-refractivity contribution in [1.82, 2.24) is 15.1 Å². The van der Waals surface area contributed by atoms with Crippen molar-refractivity contribution >= 4 is 0 Å². The van der Waals surface area contributed by atoms with E-state index in [-0.39, 0.29) is 6.04 Å². The molecule has 21 heavy (non-hydrogen) atoms. The molecule has 0 aliphatic rings. The van der Waals surface area contributed by atoms with Crippen LogP contribution >= 0.6 is 0 Å². The minimum atomic E-state index is -0.801. The normalized spacial score (nSPS) is 12.6. The average molecular weight is 293 g/mol. The van der Waals surface area contributed by atoms with Gasteiger partial charge < -0.3 is 5.32 Å². The van der Waals surface area contributed by atoms with Crippen LogP contribution in [0.5, 0.6) is 0 Å². The van der Waals surface area contributed by atoms with Crippen molar-refractivity contribution in [2.24, 2.45) is 0 Å². The van der Waals surface area contributed by atoms with Crippen LogP contribution in [0.4, 0.5) is 8.78 Å². The smallest absolute Gasteiger partial charge is 0.162 e. The van der Waals surface area contributed by atoms with Crippen LogP contribution in [-0.2, 0) is 13.0 Å². The van der Waals surface area contributed by atoms with Crippen LogP contribution in [0.1, 0.15) is 37.4 Å². The minimum Gasteiger partial charge on any atom is -0.310 e. The molecule has 0 spiro atoms. The minimum absolute atomic E-state index is 0.0723. The van der Waals surface area contributed by atoms with Crippen LogP contribution in [-0.4, -0.2) is 16.3 Å². The molecule has 0 bridgehead atoms. The summed E-state index contributed by atoms with van der Waals surface area (Å²) in [5.74, 6) is -1.56. The summed E-state index contributed by atoms with van der Waals surface area (Å²) >= 11 is 0. The number of rotatable bonds is 7. The van der Waals surface area contributed by atoms with E-state index in [4.69, 9.17) is 0 Å². The van der Waals surface area contributed by atoms with E-state index < -0.39 is 11.6 Å². The largest absolute Gasteiger partial charge is 0.310 e. The first-order valence-corrected chi connectivity index (χ1v) is 7.34.